The van der Waals surface area contributed by atoms with Gasteiger partial charge in [0.1, 0.15) is 6.04 Å². The summed E-state index contributed by atoms with van der Waals surface area (Å²) in [5, 5.41) is 9.56. The number of nitrogens with zero attached hydrogens (tertiary/aromatic N) is 2. The van der Waals surface area contributed by atoms with Crippen LogP contribution in [-0.4, -0.2) is 85.8 Å². The van der Waals surface area contributed by atoms with Gasteiger partial charge in [-0.3, -0.25) is 19.3 Å². The number of carbonyl (C=O) groups is 3. The highest BCUT2D eigenvalue weighted by Crippen LogP contribution is 2.27. The topological polar surface area (TPSA) is 138 Å². The second-order valence-corrected chi connectivity index (χ2v) is 15.2. The third kappa shape index (κ3) is 10.2. The first-order valence-electron chi connectivity index (χ1n) is 15.3. The number of rotatable bonds is 14. The van der Waals surface area contributed by atoms with Crippen molar-refractivity contribution in [2.24, 2.45) is 0 Å². The fraction of sp³-hybridized carbons (Fsp3) is 0.455. The minimum Gasteiger partial charge on any atom is -0.350 e. The first-order valence-corrected chi connectivity index (χ1v) is 18.0. The molecule has 45 heavy (non-hydrogen) atoms. The van der Waals surface area contributed by atoms with Crippen LogP contribution in [0.3, 0.4) is 0 Å². The minimum absolute atomic E-state index is 0.0683. The minimum atomic E-state index is -3.02. The van der Waals surface area contributed by atoms with Gasteiger partial charge in [0, 0.05) is 44.6 Å². The van der Waals surface area contributed by atoms with Crippen LogP contribution in [0.2, 0.25) is 0 Å². The van der Waals surface area contributed by atoms with E-state index in [-0.39, 0.29) is 55.2 Å². The molecule has 1 saturated heterocycles. The molecule has 3 aromatic rings. The van der Waals surface area contributed by atoms with E-state index in [9.17, 15) is 22.8 Å². The second-order valence-electron chi connectivity index (χ2n) is 11.8. The Morgan fingerprint density at radius 2 is 1.73 bits per heavy atom. The first-order chi connectivity index (χ1) is 21.4. The summed E-state index contributed by atoms with van der Waals surface area (Å²) in [7, 11) is -3.02. The third-order valence-corrected chi connectivity index (χ3v) is 10.5. The smallest absolute Gasteiger partial charge is 0.247 e. The highest BCUT2D eigenvalue weighted by molar-refractivity contribution is 7.91. The predicted molar refractivity (Wildman–Crippen MR) is 179 cm³/mol. The lowest BCUT2D eigenvalue weighted by atomic mass is 10.0. The van der Waals surface area contributed by atoms with Gasteiger partial charge in [0.05, 0.1) is 32.8 Å². The Kier molecular flexibility index (Phi) is 11.9. The highest BCUT2D eigenvalue weighted by Gasteiger charge is 2.27. The van der Waals surface area contributed by atoms with Gasteiger partial charge < -0.3 is 16.0 Å². The van der Waals surface area contributed by atoms with Crippen LogP contribution in [0.1, 0.15) is 49.2 Å². The van der Waals surface area contributed by atoms with Crippen molar-refractivity contribution >= 4 is 49.1 Å². The van der Waals surface area contributed by atoms with Gasteiger partial charge in [-0.15, -0.1) is 11.3 Å². The Hall–Kier alpha value is -3.61. The lowest BCUT2D eigenvalue weighted by molar-refractivity contribution is -0.129. The van der Waals surface area contributed by atoms with Gasteiger partial charge in [0.15, 0.2) is 9.84 Å². The van der Waals surface area contributed by atoms with Gasteiger partial charge in [-0.1, -0.05) is 63.7 Å². The Morgan fingerprint density at radius 1 is 1.02 bits per heavy atom. The molecular weight excluding hydrogens is 611 g/mol. The normalized spacial score (nSPS) is 16.2. The van der Waals surface area contributed by atoms with E-state index in [2.05, 4.69) is 48.5 Å². The molecule has 0 radical (unpaired) electrons. The van der Waals surface area contributed by atoms with E-state index in [1.165, 1.54) is 16.9 Å². The fourth-order valence-corrected chi connectivity index (χ4v) is 7.42. The van der Waals surface area contributed by atoms with Crippen LogP contribution in [0.5, 0.6) is 0 Å². The molecule has 1 aliphatic rings. The molecule has 3 N–H and O–H groups in total. The number of aromatic nitrogens is 1. The number of sulfone groups is 1. The molecule has 1 aliphatic heterocycles. The number of amides is 3. The predicted octanol–water partition coefficient (Wildman–Crippen LogP) is 2.99. The van der Waals surface area contributed by atoms with Gasteiger partial charge in [-0.2, -0.15) is 0 Å². The average molecular weight is 654 g/mol. The van der Waals surface area contributed by atoms with Crippen molar-refractivity contribution < 1.29 is 22.8 Å². The molecule has 2 heterocycles. The maximum Gasteiger partial charge on any atom is 0.247 e. The van der Waals surface area contributed by atoms with Crippen molar-refractivity contribution in [1.82, 2.24) is 25.8 Å². The van der Waals surface area contributed by atoms with Crippen LogP contribution in [0.15, 0.2) is 60.7 Å². The van der Waals surface area contributed by atoms with Gasteiger partial charge in [0.25, 0.3) is 0 Å². The molecule has 1 fully saturated rings. The first kappa shape index (κ1) is 34.3. The Bertz CT molecular complexity index is 1610. The number of hydrogen-bond acceptors (Lipinski definition) is 8. The van der Waals surface area contributed by atoms with Gasteiger partial charge in [-0.25, -0.2) is 13.4 Å². The summed E-state index contributed by atoms with van der Waals surface area (Å²) in [6, 6.07) is 14.5. The maximum atomic E-state index is 13.7. The van der Waals surface area contributed by atoms with Crippen LogP contribution >= 0.6 is 11.3 Å². The summed E-state index contributed by atoms with van der Waals surface area (Å²) in [6.07, 6.45) is 0.924. The molecule has 1 unspecified atom stereocenters. The van der Waals surface area contributed by atoms with Crippen LogP contribution in [-0.2, 0) is 37.1 Å². The lowest BCUT2D eigenvalue weighted by Gasteiger charge is -2.27. The Morgan fingerprint density at radius 3 is 2.40 bits per heavy atom. The van der Waals surface area contributed by atoms with Crippen molar-refractivity contribution in [2.75, 3.05) is 37.7 Å². The molecule has 1 aromatic heterocycles. The van der Waals surface area contributed by atoms with Crippen molar-refractivity contribution in [3.63, 3.8) is 0 Å². The summed E-state index contributed by atoms with van der Waals surface area (Å²) in [5.41, 5.74) is 3.37. The molecule has 0 bridgehead atoms. The van der Waals surface area contributed by atoms with Crippen molar-refractivity contribution in [3.8, 4) is 0 Å². The zero-order valence-corrected chi connectivity index (χ0v) is 27.8. The molecule has 2 aromatic carbocycles. The summed E-state index contributed by atoms with van der Waals surface area (Å²) < 4.78 is 24.5. The third-order valence-electron chi connectivity index (χ3n) is 7.83. The molecule has 12 heteroatoms. The summed E-state index contributed by atoms with van der Waals surface area (Å²) in [4.78, 5) is 45.8. The van der Waals surface area contributed by atoms with Gasteiger partial charge >= 0.3 is 0 Å². The average Bonchev–Trinajstić information content (AvgIpc) is 3.42. The number of benzene rings is 2. The zero-order valence-electron chi connectivity index (χ0n) is 26.2. The molecule has 4 rings (SSSR count). The SMILES string of the molecule is C=C(CN1CCS(=O)(=O)CC1)C(=O)NCC(Cc1ccccc1)NC(=O)[C@H](Cc1nc2ccc(C(C)C)cc2s1)NC(=O)CC. The maximum absolute atomic E-state index is 13.7. The van der Waals surface area contributed by atoms with E-state index in [1.807, 2.05) is 41.3 Å². The van der Waals surface area contributed by atoms with Crippen LogP contribution < -0.4 is 16.0 Å². The summed E-state index contributed by atoms with van der Waals surface area (Å²) in [6.45, 7) is 11.0. The van der Waals surface area contributed by atoms with E-state index >= 15 is 0 Å². The Labute approximate surface area is 269 Å². The standard InChI is InChI=1S/C33H43N5O5S2/c1-5-30(39)36-28(19-31-37-27-12-11-25(22(2)3)18-29(27)44-31)33(41)35-26(17-24-9-7-6-8-10-24)20-34-32(40)23(4)21-38-13-15-45(42,43)16-14-38/h6-12,18,22,26,28H,4-5,13-17,19-21H2,1-3H3,(H,34,40)(H,35,41)(H,36,39)/t26?,28-/m0/s1. The fourth-order valence-electron chi connectivity index (χ4n) is 5.08. The van der Waals surface area contributed by atoms with E-state index in [4.69, 9.17) is 4.98 Å². The van der Waals surface area contributed by atoms with Gasteiger partial charge in [0.2, 0.25) is 17.7 Å². The summed E-state index contributed by atoms with van der Waals surface area (Å²) >= 11 is 1.52. The van der Waals surface area contributed by atoms with E-state index < -0.39 is 21.9 Å². The molecule has 2 atom stereocenters. The second kappa shape index (κ2) is 15.6. The largest absolute Gasteiger partial charge is 0.350 e. The molecule has 242 valence electrons. The highest BCUT2D eigenvalue weighted by atomic mass is 32.2. The monoisotopic (exact) mass is 653 g/mol. The van der Waals surface area contributed by atoms with Crippen LogP contribution in [0.4, 0.5) is 0 Å². The molecule has 0 saturated carbocycles. The van der Waals surface area contributed by atoms with Crippen molar-refractivity contribution in [2.45, 2.75) is 58.0 Å². The number of nitrogens with one attached hydrogen (secondary N) is 3. The van der Waals surface area contributed by atoms with Crippen molar-refractivity contribution in [3.05, 3.63) is 76.8 Å². The number of thiazole rings is 1. The molecular formula is C33H43N5O5S2. The number of carbonyl (C=O) groups excluding carboxylic acids is 3. The zero-order chi connectivity index (χ0) is 32.6. The van der Waals surface area contributed by atoms with Crippen LogP contribution in [0, 0.1) is 0 Å². The molecule has 10 nitrogen and oxygen atoms in total. The van der Waals surface area contributed by atoms with Crippen molar-refractivity contribution in [1.29, 1.82) is 0 Å². The van der Waals surface area contributed by atoms with Crippen LogP contribution in [0.25, 0.3) is 10.2 Å². The van der Waals surface area contributed by atoms with Gasteiger partial charge in [-0.05, 0) is 35.6 Å². The Balaban J connectivity index is 1.44. The molecule has 3 amide bonds. The number of hydrogen-bond donors (Lipinski definition) is 3. The van der Waals surface area contributed by atoms with E-state index in [0.717, 1.165) is 20.8 Å². The molecule has 0 spiro atoms. The van der Waals surface area contributed by atoms with E-state index in [1.54, 1.807) is 6.92 Å². The quantitative estimate of drug-likeness (QED) is 0.228. The summed E-state index contributed by atoms with van der Waals surface area (Å²) in [5.74, 6) is -0.445. The lowest BCUT2D eigenvalue weighted by Crippen LogP contribution is -2.53. The molecule has 0 aliphatic carbocycles. The van der Waals surface area contributed by atoms with E-state index in [0.29, 0.717) is 31.0 Å². The number of fused-ring (bicyclic) bond motifs is 1.